The quantitative estimate of drug-likeness (QED) is 0.450. The summed E-state index contributed by atoms with van der Waals surface area (Å²) in [7, 11) is 0. The van der Waals surface area contributed by atoms with E-state index in [1.807, 2.05) is 30.3 Å². The molecule has 5 rings (SSSR count). The topological polar surface area (TPSA) is 88.4 Å². The number of nitrogens with one attached hydrogen (secondary N) is 1. The molecule has 2 amide bonds. The maximum absolute atomic E-state index is 12.9. The number of morpholine rings is 1. The van der Waals surface area contributed by atoms with Gasteiger partial charge in [0, 0.05) is 34.9 Å². The average Bonchev–Trinajstić information content (AvgIpc) is 3.18. The third kappa shape index (κ3) is 3.60. The van der Waals surface area contributed by atoms with Crippen LogP contribution in [0.25, 0.3) is 32.9 Å². The second-order valence-electron chi connectivity index (χ2n) is 7.73. The summed E-state index contributed by atoms with van der Waals surface area (Å²) in [6.45, 7) is 2.23. The minimum Gasteiger partial charge on any atom is -0.378 e. The van der Waals surface area contributed by atoms with Crippen LogP contribution in [-0.2, 0) is 4.74 Å². The number of benzene rings is 3. The van der Waals surface area contributed by atoms with E-state index in [-0.39, 0.29) is 5.91 Å². The Morgan fingerprint density at radius 1 is 0.906 bits per heavy atom. The lowest BCUT2D eigenvalue weighted by Gasteiger charge is -2.26. The van der Waals surface area contributed by atoms with E-state index in [0.29, 0.717) is 53.0 Å². The number of carbonyl (C=O) groups is 2. The highest BCUT2D eigenvalue weighted by molar-refractivity contribution is 6.42. The van der Waals surface area contributed by atoms with E-state index >= 15 is 0 Å². The van der Waals surface area contributed by atoms with Gasteiger partial charge in [-0.2, -0.15) is 0 Å². The van der Waals surface area contributed by atoms with Gasteiger partial charge in [0.25, 0.3) is 11.8 Å². The number of aromatic nitrogens is 1. The molecule has 4 aromatic rings. The standard InChI is InChI=1S/C24H19Cl2N3O3/c25-19-4-2-13(11-20(19)26)15-9-17-16-3-1-14(24(31)29-5-7-32-8-6-29)12-21(16)28-22(17)18(10-15)23(27)30/h1-4,9-12,28H,5-8H2,(H2,27,30). The van der Waals surface area contributed by atoms with E-state index in [4.69, 9.17) is 33.7 Å². The van der Waals surface area contributed by atoms with Gasteiger partial charge in [0.15, 0.2) is 0 Å². The Kier molecular flexibility index (Phi) is 5.29. The molecule has 32 heavy (non-hydrogen) atoms. The molecule has 1 aliphatic rings. The lowest BCUT2D eigenvalue weighted by Crippen LogP contribution is -2.40. The normalized spacial score (nSPS) is 14.2. The van der Waals surface area contributed by atoms with Crippen LogP contribution in [0.3, 0.4) is 0 Å². The van der Waals surface area contributed by atoms with Crippen LogP contribution < -0.4 is 5.73 Å². The van der Waals surface area contributed by atoms with Crippen LogP contribution in [0.2, 0.25) is 10.0 Å². The summed E-state index contributed by atoms with van der Waals surface area (Å²) in [6, 6.07) is 14.5. The van der Waals surface area contributed by atoms with Gasteiger partial charge in [-0.15, -0.1) is 0 Å². The Balaban J connectivity index is 1.65. The molecule has 1 aliphatic heterocycles. The molecule has 2 heterocycles. The molecule has 0 aliphatic carbocycles. The SMILES string of the molecule is NC(=O)c1cc(-c2ccc(Cl)c(Cl)c2)cc2c1[nH]c1cc(C(=O)N3CCOCC3)ccc12. The van der Waals surface area contributed by atoms with Gasteiger partial charge < -0.3 is 20.4 Å². The lowest BCUT2D eigenvalue weighted by atomic mass is 9.98. The Bertz CT molecular complexity index is 1390. The number of primary amides is 1. The van der Waals surface area contributed by atoms with Crippen molar-refractivity contribution in [2.24, 2.45) is 5.73 Å². The zero-order valence-corrected chi connectivity index (χ0v) is 18.5. The molecule has 6 nitrogen and oxygen atoms in total. The number of halogens is 2. The molecular weight excluding hydrogens is 449 g/mol. The summed E-state index contributed by atoms with van der Waals surface area (Å²) in [6.07, 6.45) is 0. The largest absolute Gasteiger partial charge is 0.378 e. The number of hydrogen-bond acceptors (Lipinski definition) is 3. The van der Waals surface area contributed by atoms with Crippen LogP contribution in [0.4, 0.5) is 0 Å². The zero-order chi connectivity index (χ0) is 22.4. The lowest BCUT2D eigenvalue weighted by molar-refractivity contribution is 0.0303. The van der Waals surface area contributed by atoms with Crippen LogP contribution in [0.15, 0.2) is 48.5 Å². The maximum Gasteiger partial charge on any atom is 0.254 e. The Labute approximate surface area is 193 Å². The van der Waals surface area contributed by atoms with Crippen LogP contribution in [0.1, 0.15) is 20.7 Å². The summed E-state index contributed by atoms with van der Waals surface area (Å²) >= 11 is 12.2. The fourth-order valence-corrected chi connectivity index (χ4v) is 4.42. The summed E-state index contributed by atoms with van der Waals surface area (Å²) in [5.41, 5.74) is 9.64. The number of aromatic amines is 1. The number of carbonyl (C=O) groups excluding carboxylic acids is 2. The van der Waals surface area contributed by atoms with Crippen molar-refractivity contribution in [3.05, 3.63) is 69.7 Å². The summed E-state index contributed by atoms with van der Waals surface area (Å²) in [5.74, 6) is -0.589. The number of fused-ring (bicyclic) bond motifs is 3. The fourth-order valence-electron chi connectivity index (χ4n) is 4.13. The molecule has 0 atom stereocenters. The smallest absolute Gasteiger partial charge is 0.254 e. The molecule has 1 saturated heterocycles. The van der Waals surface area contributed by atoms with Gasteiger partial charge in [-0.05, 0) is 47.5 Å². The second kappa shape index (κ2) is 8.13. The molecule has 3 N–H and O–H groups in total. The minimum atomic E-state index is -0.548. The summed E-state index contributed by atoms with van der Waals surface area (Å²) < 4.78 is 5.33. The van der Waals surface area contributed by atoms with Gasteiger partial charge in [-0.3, -0.25) is 9.59 Å². The van der Waals surface area contributed by atoms with Crippen LogP contribution in [0, 0.1) is 0 Å². The van der Waals surface area contributed by atoms with Crippen LogP contribution >= 0.6 is 23.2 Å². The molecular formula is C24H19Cl2N3O3. The third-order valence-corrected chi connectivity index (χ3v) is 6.51. The van der Waals surface area contributed by atoms with Crippen molar-refractivity contribution in [1.82, 2.24) is 9.88 Å². The molecule has 3 aromatic carbocycles. The minimum absolute atomic E-state index is 0.0412. The zero-order valence-electron chi connectivity index (χ0n) is 17.0. The second-order valence-corrected chi connectivity index (χ2v) is 8.54. The molecule has 162 valence electrons. The highest BCUT2D eigenvalue weighted by Gasteiger charge is 2.20. The van der Waals surface area contributed by atoms with E-state index in [0.717, 1.165) is 27.4 Å². The average molecular weight is 468 g/mol. The van der Waals surface area contributed by atoms with Crippen LogP contribution in [0.5, 0.6) is 0 Å². The molecule has 1 aromatic heterocycles. The fraction of sp³-hybridized carbons (Fsp3) is 0.167. The number of hydrogen-bond donors (Lipinski definition) is 2. The molecule has 1 fully saturated rings. The van der Waals surface area contributed by atoms with E-state index < -0.39 is 5.91 Å². The van der Waals surface area contributed by atoms with Gasteiger partial charge >= 0.3 is 0 Å². The first-order valence-corrected chi connectivity index (χ1v) is 10.9. The maximum atomic E-state index is 12.9. The number of nitrogens with two attached hydrogens (primary N) is 1. The first kappa shape index (κ1) is 20.8. The number of rotatable bonds is 3. The molecule has 0 saturated carbocycles. The van der Waals surface area contributed by atoms with E-state index in [9.17, 15) is 9.59 Å². The van der Waals surface area contributed by atoms with Gasteiger partial charge in [-0.1, -0.05) is 35.3 Å². The number of H-pyrrole nitrogens is 1. The van der Waals surface area contributed by atoms with Gasteiger partial charge in [0.1, 0.15) is 0 Å². The summed E-state index contributed by atoms with van der Waals surface area (Å²) in [4.78, 5) is 30.2. The van der Waals surface area contributed by atoms with Crippen molar-refractivity contribution in [2.45, 2.75) is 0 Å². The van der Waals surface area contributed by atoms with E-state index in [1.54, 1.807) is 23.1 Å². The number of ether oxygens (including phenoxy) is 1. The first-order valence-electron chi connectivity index (χ1n) is 10.1. The molecule has 0 spiro atoms. The van der Waals surface area contributed by atoms with Gasteiger partial charge in [-0.25, -0.2) is 0 Å². The van der Waals surface area contributed by atoms with Crippen molar-refractivity contribution in [2.75, 3.05) is 26.3 Å². The number of nitrogens with zero attached hydrogens (tertiary/aromatic N) is 1. The first-order chi connectivity index (χ1) is 15.4. The van der Waals surface area contributed by atoms with E-state index in [1.165, 1.54) is 0 Å². The molecule has 0 unspecified atom stereocenters. The third-order valence-electron chi connectivity index (χ3n) is 5.77. The Morgan fingerprint density at radius 3 is 2.41 bits per heavy atom. The molecule has 8 heteroatoms. The van der Waals surface area contributed by atoms with Crippen molar-refractivity contribution in [3.63, 3.8) is 0 Å². The Morgan fingerprint density at radius 2 is 1.69 bits per heavy atom. The molecule has 0 radical (unpaired) electrons. The Hall–Kier alpha value is -3.06. The monoisotopic (exact) mass is 467 g/mol. The predicted molar refractivity (Wildman–Crippen MR) is 127 cm³/mol. The van der Waals surface area contributed by atoms with Gasteiger partial charge in [0.2, 0.25) is 0 Å². The van der Waals surface area contributed by atoms with Crippen molar-refractivity contribution in [3.8, 4) is 11.1 Å². The van der Waals surface area contributed by atoms with Crippen molar-refractivity contribution >= 4 is 56.8 Å². The highest BCUT2D eigenvalue weighted by atomic mass is 35.5. The highest BCUT2D eigenvalue weighted by Crippen LogP contribution is 2.35. The van der Waals surface area contributed by atoms with Crippen molar-refractivity contribution in [1.29, 1.82) is 0 Å². The molecule has 0 bridgehead atoms. The predicted octanol–water partition coefficient (Wildman–Crippen LogP) is 4.87. The van der Waals surface area contributed by atoms with E-state index in [2.05, 4.69) is 4.98 Å². The summed E-state index contributed by atoms with van der Waals surface area (Å²) in [5, 5.41) is 2.61. The van der Waals surface area contributed by atoms with Crippen molar-refractivity contribution < 1.29 is 14.3 Å². The number of amides is 2. The van der Waals surface area contributed by atoms with Crippen LogP contribution in [-0.4, -0.2) is 48.0 Å². The van der Waals surface area contributed by atoms with Gasteiger partial charge in [0.05, 0.1) is 34.3 Å².